The molecule has 3 heterocycles. The molecule has 0 N–H and O–H groups in total. The van der Waals surface area contributed by atoms with Crippen LogP contribution in [0.15, 0.2) is 174 Å². The highest BCUT2D eigenvalue weighted by Crippen LogP contribution is 2.38. The molecule has 10 rings (SSSR count). The molecular weight excluding hydrogens is 625 g/mol. The highest BCUT2D eigenvalue weighted by molar-refractivity contribution is 6.06. The van der Waals surface area contributed by atoms with Crippen molar-refractivity contribution in [2.24, 2.45) is 0 Å². The van der Waals surface area contributed by atoms with E-state index in [1.165, 1.54) is 0 Å². The molecule has 5 heteroatoms. The van der Waals surface area contributed by atoms with Crippen LogP contribution in [-0.4, -0.2) is 19.9 Å². The van der Waals surface area contributed by atoms with Crippen LogP contribution in [0.5, 0.6) is 0 Å². The van der Waals surface area contributed by atoms with E-state index in [0.717, 1.165) is 88.5 Å². The first kappa shape index (κ1) is 29.0. The predicted octanol–water partition coefficient (Wildman–Crippen LogP) is 11.8. The number of furan rings is 1. The van der Waals surface area contributed by atoms with Gasteiger partial charge in [-0.2, -0.15) is 0 Å². The topological polar surface area (TPSA) is 64.7 Å². The Kier molecular flexibility index (Phi) is 6.74. The molecule has 10 aromatic rings. The molecule has 0 radical (unpaired) electrons. The van der Waals surface area contributed by atoms with E-state index in [9.17, 15) is 0 Å². The van der Waals surface area contributed by atoms with Crippen LogP contribution in [0.4, 0.5) is 0 Å². The minimum absolute atomic E-state index is 0.634. The van der Waals surface area contributed by atoms with Crippen molar-refractivity contribution in [3.63, 3.8) is 0 Å². The number of rotatable bonds is 5. The Morgan fingerprint density at radius 2 is 0.765 bits per heavy atom. The van der Waals surface area contributed by atoms with Crippen molar-refractivity contribution >= 4 is 43.7 Å². The fraction of sp³-hybridized carbons (Fsp3) is 0. The van der Waals surface area contributed by atoms with Gasteiger partial charge in [0.15, 0.2) is 11.6 Å². The number of aromatic nitrogens is 4. The summed E-state index contributed by atoms with van der Waals surface area (Å²) < 4.78 is 6.18. The molecule has 0 aliphatic heterocycles. The molecule has 51 heavy (non-hydrogen) atoms. The maximum absolute atomic E-state index is 6.18. The van der Waals surface area contributed by atoms with Gasteiger partial charge < -0.3 is 4.42 Å². The Balaban J connectivity index is 1.24. The molecule has 3 aromatic heterocycles. The van der Waals surface area contributed by atoms with Gasteiger partial charge in [0, 0.05) is 43.8 Å². The second kappa shape index (κ2) is 11.9. The van der Waals surface area contributed by atoms with E-state index in [1.807, 2.05) is 91.0 Å². The minimum atomic E-state index is 0.634. The van der Waals surface area contributed by atoms with Gasteiger partial charge in [0.25, 0.3) is 0 Å². The van der Waals surface area contributed by atoms with Gasteiger partial charge in [-0.1, -0.05) is 121 Å². The second-order valence-electron chi connectivity index (χ2n) is 12.7. The van der Waals surface area contributed by atoms with E-state index in [-0.39, 0.29) is 0 Å². The third-order valence-corrected chi connectivity index (χ3v) is 9.46. The van der Waals surface area contributed by atoms with Crippen LogP contribution < -0.4 is 0 Å². The summed E-state index contributed by atoms with van der Waals surface area (Å²) in [4.78, 5) is 20.7. The van der Waals surface area contributed by atoms with Crippen molar-refractivity contribution in [1.82, 2.24) is 19.9 Å². The highest BCUT2D eigenvalue weighted by Gasteiger charge is 2.18. The first-order valence-corrected chi connectivity index (χ1v) is 17.0. The molecule has 0 atom stereocenters. The van der Waals surface area contributed by atoms with Crippen molar-refractivity contribution in [1.29, 1.82) is 0 Å². The lowest BCUT2D eigenvalue weighted by Crippen LogP contribution is -1.98. The van der Waals surface area contributed by atoms with Crippen LogP contribution in [0.2, 0.25) is 0 Å². The molecule has 0 bridgehead atoms. The summed E-state index contributed by atoms with van der Waals surface area (Å²) in [6.45, 7) is 0. The fourth-order valence-corrected chi connectivity index (χ4v) is 7.00. The summed E-state index contributed by atoms with van der Waals surface area (Å²) in [5.74, 6) is 1.27. The Labute approximate surface area is 293 Å². The van der Waals surface area contributed by atoms with Gasteiger partial charge in [0.1, 0.15) is 11.2 Å². The number of hydrogen-bond acceptors (Lipinski definition) is 5. The zero-order valence-corrected chi connectivity index (χ0v) is 27.4. The summed E-state index contributed by atoms with van der Waals surface area (Å²) >= 11 is 0. The minimum Gasteiger partial charge on any atom is -0.456 e. The zero-order chi connectivity index (χ0) is 33.7. The van der Waals surface area contributed by atoms with E-state index in [0.29, 0.717) is 11.6 Å². The van der Waals surface area contributed by atoms with E-state index in [1.54, 1.807) is 0 Å². The predicted molar refractivity (Wildman–Crippen MR) is 207 cm³/mol. The van der Waals surface area contributed by atoms with Gasteiger partial charge in [-0.3, -0.25) is 0 Å². The van der Waals surface area contributed by atoms with Crippen LogP contribution in [0.25, 0.3) is 100 Å². The van der Waals surface area contributed by atoms with E-state index in [4.69, 9.17) is 24.4 Å². The zero-order valence-electron chi connectivity index (χ0n) is 27.4. The molecule has 7 aromatic carbocycles. The highest BCUT2D eigenvalue weighted by atomic mass is 16.3. The normalized spacial score (nSPS) is 11.5. The lowest BCUT2D eigenvalue weighted by Gasteiger charge is -2.14. The van der Waals surface area contributed by atoms with Crippen LogP contribution >= 0.6 is 0 Å². The molecule has 0 saturated carbocycles. The van der Waals surface area contributed by atoms with E-state index >= 15 is 0 Å². The Morgan fingerprint density at radius 1 is 0.294 bits per heavy atom. The molecular formula is C46H28N4O. The quantitative estimate of drug-likeness (QED) is 0.185. The van der Waals surface area contributed by atoms with Crippen LogP contribution in [0.3, 0.4) is 0 Å². The number of benzene rings is 7. The fourth-order valence-electron chi connectivity index (χ4n) is 7.00. The SMILES string of the molecule is c1ccc(-c2nc(-c3cc(-c4ccc5oc6ccccc6c5c4)cc(-c4nc(-c5ccccc5)c5ccccc5n4)c3)nc3ccccc23)cc1. The number of fused-ring (bicyclic) bond motifs is 5. The number of nitrogens with zero attached hydrogens (tertiary/aromatic N) is 4. The first-order chi connectivity index (χ1) is 25.2. The van der Waals surface area contributed by atoms with Crippen molar-refractivity contribution < 1.29 is 4.42 Å². The van der Waals surface area contributed by atoms with Crippen molar-refractivity contribution in [2.45, 2.75) is 0 Å². The number of para-hydroxylation sites is 3. The van der Waals surface area contributed by atoms with Crippen molar-refractivity contribution in [3.05, 3.63) is 170 Å². The van der Waals surface area contributed by atoms with E-state index < -0.39 is 0 Å². The number of hydrogen-bond donors (Lipinski definition) is 0. The molecule has 0 aliphatic rings. The van der Waals surface area contributed by atoms with Gasteiger partial charge in [-0.05, 0) is 59.7 Å². The van der Waals surface area contributed by atoms with Gasteiger partial charge in [-0.15, -0.1) is 0 Å². The van der Waals surface area contributed by atoms with Crippen LogP contribution in [0.1, 0.15) is 0 Å². The average molecular weight is 653 g/mol. The van der Waals surface area contributed by atoms with Gasteiger partial charge in [0.2, 0.25) is 0 Å². The molecule has 0 saturated heterocycles. The van der Waals surface area contributed by atoms with Crippen molar-refractivity contribution in [3.8, 4) is 56.4 Å². The standard InChI is InChI=1S/C46H28N4O/c1-3-13-29(14-4-1)43-36-18-7-10-20-39(36)47-45(49-43)33-25-32(31-23-24-42-38(28-31)35-17-9-12-22-41(35)51-42)26-34(27-33)46-48-40-21-11-8-19-37(40)44(50-46)30-15-5-2-6-16-30/h1-28H. The summed E-state index contributed by atoms with van der Waals surface area (Å²) in [5.41, 5.74) is 11.2. The lowest BCUT2D eigenvalue weighted by atomic mass is 9.97. The van der Waals surface area contributed by atoms with Gasteiger partial charge in [-0.25, -0.2) is 19.9 Å². The molecule has 0 fully saturated rings. The largest absolute Gasteiger partial charge is 0.456 e. The summed E-state index contributed by atoms with van der Waals surface area (Å²) in [6.07, 6.45) is 0. The Morgan fingerprint density at radius 3 is 1.35 bits per heavy atom. The van der Waals surface area contributed by atoms with Gasteiger partial charge >= 0.3 is 0 Å². The van der Waals surface area contributed by atoms with E-state index in [2.05, 4.69) is 78.9 Å². The van der Waals surface area contributed by atoms with Crippen molar-refractivity contribution in [2.75, 3.05) is 0 Å². The second-order valence-corrected chi connectivity index (χ2v) is 12.7. The molecule has 0 amide bonds. The third kappa shape index (κ3) is 5.11. The Hall–Kier alpha value is -6.98. The maximum Gasteiger partial charge on any atom is 0.160 e. The monoisotopic (exact) mass is 652 g/mol. The molecule has 0 aliphatic carbocycles. The maximum atomic E-state index is 6.18. The molecule has 5 nitrogen and oxygen atoms in total. The van der Waals surface area contributed by atoms with Gasteiger partial charge in [0.05, 0.1) is 22.4 Å². The lowest BCUT2D eigenvalue weighted by molar-refractivity contribution is 0.669. The smallest absolute Gasteiger partial charge is 0.160 e. The first-order valence-electron chi connectivity index (χ1n) is 17.0. The Bertz CT molecular complexity index is 2780. The molecule has 0 unspecified atom stereocenters. The molecule has 0 spiro atoms. The summed E-state index contributed by atoms with van der Waals surface area (Å²) in [5, 5.41) is 4.16. The average Bonchev–Trinajstić information content (AvgIpc) is 3.58. The molecule has 238 valence electrons. The third-order valence-electron chi connectivity index (χ3n) is 9.46. The summed E-state index contributed by atoms with van der Waals surface area (Å²) in [6, 6.07) is 58.0. The summed E-state index contributed by atoms with van der Waals surface area (Å²) in [7, 11) is 0. The van der Waals surface area contributed by atoms with Crippen LogP contribution in [0, 0.1) is 0 Å². The van der Waals surface area contributed by atoms with Crippen LogP contribution in [-0.2, 0) is 0 Å².